The van der Waals surface area contributed by atoms with Gasteiger partial charge in [0.1, 0.15) is 65.4 Å². The van der Waals surface area contributed by atoms with Gasteiger partial charge in [0, 0.05) is 60.1 Å². The number of ether oxygens (including phenoxy) is 3. The molecule has 11 bridgehead atoms. The van der Waals surface area contributed by atoms with E-state index in [1.54, 1.807) is 47.6 Å². The maximum atomic E-state index is 18.3. The molecule has 0 fully saturated rings. The van der Waals surface area contributed by atoms with Crippen LogP contribution < -0.4 is 9.47 Å². The highest BCUT2D eigenvalue weighted by molar-refractivity contribution is 6.01. The molecular formula is C92H132N6O10. The number of rotatable bonds is 18. The molecular weight excluding hydrogens is 1350 g/mol. The normalized spacial score (nSPS) is 20.8. The summed E-state index contributed by atoms with van der Waals surface area (Å²) in [5.41, 5.74) is 10.0. The van der Waals surface area contributed by atoms with Gasteiger partial charge in [-0.05, 0) is 255 Å². The van der Waals surface area contributed by atoms with Crippen LogP contribution in [0.15, 0.2) is 78.9 Å². The van der Waals surface area contributed by atoms with Crippen LogP contribution in [0.2, 0.25) is 0 Å². The van der Waals surface area contributed by atoms with Crippen molar-refractivity contribution in [1.29, 1.82) is 0 Å². The molecule has 16 heteroatoms. The topological polar surface area (TPSA) is 167 Å². The number of benzene rings is 5. The molecule has 108 heavy (non-hydrogen) atoms. The molecule has 5 heterocycles. The second kappa shape index (κ2) is 34.2. The minimum Gasteiger partial charge on any atom is -0.457 e. The molecule has 16 nitrogen and oxygen atoms in total. The van der Waals surface area contributed by atoms with Crippen molar-refractivity contribution in [2.45, 2.75) is 336 Å². The van der Waals surface area contributed by atoms with Gasteiger partial charge in [0.15, 0.2) is 5.78 Å². The van der Waals surface area contributed by atoms with Crippen LogP contribution in [0.1, 0.15) is 323 Å². The number of fused-ring (bicyclic) bond motifs is 15. The number of carbonyl (C=O) groups is 7. The molecule has 5 aliphatic rings. The molecule has 5 aromatic carbocycles. The Morgan fingerprint density at radius 3 is 1.33 bits per heavy atom. The smallest absolute Gasteiger partial charge is 0.251 e. The Morgan fingerprint density at radius 2 is 0.898 bits per heavy atom. The summed E-state index contributed by atoms with van der Waals surface area (Å²) in [6.07, 6.45) is -1.74. The fraction of sp³-hybridized carbons (Fsp3) is 0.598. The van der Waals surface area contributed by atoms with Crippen LogP contribution in [0.4, 0.5) is 0 Å². The number of hydrogen-bond acceptors (Lipinski definition) is 10. The molecule has 0 aliphatic carbocycles. The summed E-state index contributed by atoms with van der Waals surface area (Å²) < 4.78 is 21.6. The third-order valence-electron chi connectivity index (χ3n) is 22.2. The van der Waals surface area contributed by atoms with Crippen LogP contribution in [0, 0.1) is 37.5 Å². The number of ketones is 1. The van der Waals surface area contributed by atoms with E-state index in [1.807, 2.05) is 195 Å². The standard InChI is InChI=1S/C92H132N6O10/c1-46(2)69-36-33-64-43-71(69)78-72(45-70(47(3)4)76(49(7)8)77(78)50(9)10)82(85(99)52(13)14)96(57(23)24)92(105)84-86(106-60(29)30)65-35-38-74(62(32)40-65)108-68-42-66-41-67(44-68)107-73-37-34-63(39-61(73)31)75(48(5)6)83(97(58(25)26)87(100)53(15)16)91(104)93(54(17)18)79(51(11)12)88(101)95(56(21)22)81(66)90(103)94(55(19)20)80(64)89(102)98(84)59(27)28/h33-60,75,79-84,86H,1-32H3. The van der Waals surface area contributed by atoms with Crippen molar-refractivity contribution in [2.75, 3.05) is 0 Å². The van der Waals surface area contributed by atoms with Gasteiger partial charge in [-0.25, -0.2) is 0 Å². The second-order valence-corrected chi connectivity index (χ2v) is 35.6. The van der Waals surface area contributed by atoms with Crippen molar-refractivity contribution in [3.05, 3.63) is 140 Å². The molecule has 0 aromatic heterocycles. The first-order valence-electron chi connectivity index (χ1n) is 40.5. The first-order valence-corrected chi connectivity index (χ1v) is 40.5. The number of aryl methyl sites for hydroxylation is 2. The number of nitrogens with zero attached hydrogens (tertiary/aromatic N) is 6. The molecule has 6 amide bonds. The van der Waals surface area contributed by atoms with Gasteiger partial charge in [0.05, 0.1) is 6.10 Å². The molecule has 8 unspecified atom stereocenters. The quantitative estimate of drug-likeness (QED) is 0.0824. The van der Waals surface area contributed by atoms with Crippen molar-refractivity contribution in [3.63, 3.8) is 0 Å². The summed E-state index contributed by atoms with van der Waals surface area (Å²) >= 11 is 0. The Hall–Kier alpha value is -7.85. The first kappa shape index (κ1) is 85.8. The summed E-state index contributed by atoms with van der Waals surface area (Å²) in [7, 11) is 0. The highest BCUT2D eigenvalue weighted by atomic mass is 16.5. The third-order valence-corrected chi connectivity index (χ3v) is 22.2. The first-order chi connectivity index (χ1) is 50.3. The summed E-state index contributed by atoms with van der Waals surface area (Å²) in [4.78, 5) is 130. The molecule has 5 aliphatic heterocycles. The summed E-state index contributed by atoms with van der Waals surface area (Å²) in [5, 5.41) is 0. The molecule has 0 spiro atoms. The number of Topliss-reactive ketones (excluding diaryl/α,β-unsaturated/α-hetero) is 1. The highest BCUT2D eigenvalue weighted by Gasteiger charge is 2.54. The molecule has 0 saturated carbocycles. The van der Waals surface area contributed by atoms with Gasteiger partial charge in [0.25, 0.3) is 11.8 Å². The van der Waals surface area contributed by atoms with E-state index >= 15 is 33.6 Å². The molecule has 590 valence electrons. The molecule has 5 aromatic rings. The molecule has 0 saturated heterocycles. The van der Waals surface area contributed by atoms with Crippen LogP contribution >= 0.6 is 0 Å². The average molecular weight is 1480 g/mol. The van der Waals surface area contributed by atoms with E-state index in [4.69, 9.17) is 14.2 Å². The van der Waals surface area contributed by atoms with E-state index < -0.39 is 138 Å². The fourth-order valence-corrected chi connectivity index (χ4v) is 17.5. The lowest BCUT2D eigenvalue weighted by Crippen LogP contribution is -2.65. The van der Waals surface area contributed by atoms with E-state index in [1.165, 1.54) is 0 Å². The molecule has 0 N–H and O–H groups in total. The van der Waals surface area contributed by atoms with Crippen LogP contribution in [0.3, 0.4) is 0 Å². The van der Waals surface area contributed by atoms with Crippen LogP contribution in [0.5, 0.6) is 23.0 Å². The zero-order chi connectivity index (χ0) is 80.9. The van der Waals surface area contributed by atoms with E-state index in [-0.39, 0.29) is 52.8 Å². The lowest BCUT2D eigenvalue weighted by molar-refractivity contribution is -0.168. The minimum absolute atomic E-state index is 0.00480. The Kier molecular flexibility index (Phi) is 27.1. The lowest BCUT2D eigenvalue weighted by Gasteiger charge is -2.49. The third kappa shape index (κ3) is 16.8. The Labute approximate surface area is 648 Å². The van der Waals surface area contributed by atoms with Gasteiger partial charge < -0.3 is 43.6 Å². The van der Waals surface area contributed by atoms with Gasteiger partial charge in [-0.1, -0.05) is 147 Å². The summed E-state index contributed by atoms with van der Waals surface area (Å²) in [5.74, 6) is -4.33. The number of hydrogen-bond donors (Lipinski definition) is 0. The van der Waals surface area contributed by atoms with E-state index in [9.17, 15) is 0 Å². The Morgan fingerprint density at radius 1 is 0.426 bits per heavy atom. The maximum Gasteiger partial charge on any atom is 0.251 e. The zero-order valence-electron chi connectivity index (χ0n) is 71.6. The lowest BCUT2D eigenvalue weighted by atomic mass is 9.73. The van der Waals surface area contributed by atoms with Crippen LogP contribution in [-0.2, 0) is 38.3 Å². The van der Waals surface area contributed by atoms with E-state index in [0.29, 0.717) is 39.3 Å². The number of carbonyl (C=O) groups excluding carboxylic acids is 7. The zero-order valence-corrected chi connectivity index (χ0v) is 71.6. The van der Waals surface area contributed by atoms with E-state index in [0.717, 1.165) is 44.5 Å². The van der Waals surface area contributed by atoms with Gasteiger partial charge in [-0.2, -0.15) is 0 Å². The summed E-state index contributed by atoms with van der Waals surface area (Å²) in [6.45, 7) is 63.5. The van der Waals surface area contributed by atoms with Crippen molar-refractivity contribution >= 4 is 41.2 Å². The number of amides is 6. The van der Waals surface area contributed by atoms with Gasteiger partial charge in [0.2, 0.25) is 23.6 Å². The van der Waals surface area contributed by atoms with Crippen molar-refractivity contribution in [1.82, 2.24) is 29.4 Å². The molecule has 10 rings (SSSR count). The van der Waals surface area contributed by atoms with Gasteiger partial charge in [-0.3, -0.25) is 33.6 Å². The Bertz CT molecular complexity index is 4130. The predicted molar refractivity (Wildman–Crippen MR) is 435 cm³/mol. The highest BCUT2D eigenvalue weighted by Crippen LogP contribution is 2.52. The average Bonchev–Trinajstić information content (AvgIpc) is 0.724. The van der Waals surface area contributed by atoms with Crippen molar-refractivity contribution < 1.29 is 47.8 Å². The SMILES string of the molecule is Cc1cc2ccc1Oc1cc3cc(c1)C(C(=O)N(C(C)C)C1C(=O)N(C(C)C)C(C(=O)N(C(C)C)C(C(=O)C(C)C)c4cc(C(C)C)c(C(C)C)c(C(C)C)c4-c4cc1ccc4C(C)C)C2OC(C)C)N(C(C)C)C(=O)C(C(C)C)N(C(C)C)C(=O)C(N(C(=O)C(C)C)C(C)C)C(C(C)C)c1ccc(c(C)c1)O3. The minimum atomic E-state index is -1.61. The largest absolute Gasteiger partial charge is 0.457 e. The maximum absolute atomic E-state index is 18.3. The van der Waals surface area contributed by atoms with Gasteiger partial charge in [-0.15, -0.1) is 0 Å². The summed E-state index contributed by atoms with van der Waals surface area (Å²) in [6, 6.07) is 12.9. The van der Waals surface area contributed by atoms with Crippen molar-refractivity contribution in [2.24, 2.45) is 23.7 Å². The van der Waals surface area contributed by atoms with Gasteiger partial charge >= 0.3 is 0 Å². The second-order valence-electron chi connectivity index (χ2n) is 35.6. The molecule has 8 atom stereocenters. The molecule has 0 radical (unpaired) electrons. The van der Waals surface area contributed by atoms with E-state index in [2.05, 4.69) is 87.4 Å². The van der Waals surface area contributed by atoms with Crippen LogP contribution in [0.25, 0.3) is 11.1 Å². The fourth-order valence-electron chi connectivity index (χ4n) is 17.5. The Balaban J connectivity index is 1.67. The monoisotopic (exact) mass is 1480 g/mol. The predicted octanol–water partition coefficient (Wildman–Crippen LogP) is 20.2. The van der Waals surface area contributed by atoms with Crippen LogP contribution in [-0.4, -0.2) is 131 Å². The van der Waals surface area contributed by atoms with Crippen molar-refractivity contribution in [3.8, 4) is 34.1 Å².